The molecule has 3 rings (SSSR count). The Morgan fingerprint density at radius 2 is 2.22 bits per heavy atom. The molecule has 0 radical (unpaired) electrons. The third-order valence-corrected chi connectivity index (χ3v) is 3.71. The maximum atomic E-state index is 11.9. The van der Waals surface area contributed by atoms with Crippen LogP contribution in [0.25, 0.3) is 11.3 Å². The first kappa shape index (κ1) is 15.4. The summed E-state index contributed by atoms with van der Waals surface area (Å²) >= 11 is 5.96. The third-order valence-electron chi connectivity index (χ3n) is 3.47. The Balaban J connectivity index is 2.13. The van der Waals surface area contributed by atoms with E-state index in [1.807, 2.05) is 0 Å². The van der Waals surface area contributed by atoms with Gasteiger partial charge >= 0.3 is 5.97 Å². The van der Waals surface area contributed by atoms with Crippen LogP contribution < -0.4 is 9.64 Å². The van der Waals surface area contributed by atoms with E-state index in [0.29, 0.717) is 30.0 Å². The Labute approximate surface area is 137 Å². The van der Waals surface area contributed by atoms with Gasteiger partial charge in [-0.05, 0) is 18.6 Å². The van der Waals surface area contributed by atoms with Crippen LogP contribution in [0.4, 0.5) is 5.88 Å². The summed E-state index contributed by atoms with van der Waals surface area (Å²) in [4.78, 5) is 24.6. The summed E-state index contributed by atoms with van der Waals surface area (Å²) in [6.07, 6.45) is 1.06. The van der Waals surface area contributed by atoms with Gasteiger partial charge in [0.1, 0.15) is 0 Å². The molecule has 0 spiro atoms. The van der Waals surface area contributed by atoms with E-state index in [4.69, 9.17) is 20.8 Å². The molecule has 7 heteroatoms. The van der Waals surface area contributed by atoms with Crippen molar-refractivity contribution in [1.82, 2.24) is 0 Å². The first-order valence-corrected chi connectivity index (χ1v) is 7.45. The van der Waals surface area contributed by atoms with Crippen LogP contribution in [0.3, 0.4) is 0 Å². The summed E-state index contributed by atoms with van der Waals surface area (Å²) in [5.41, 5.74) is 0.515. The molecular weight excluding hydrogens is 322 g/mol. The van der Waals surface area contributed by atoms with Gasteiger partial charge in [0.15, 0.2) is 5.76 Å². The van der Waals surface area contributed by atoms with Crippen LogP contribution in [0.15, 0.2) is 28.7 Å². The highest BCUT2D eigenvalue weighted by atomic mass is 35.5. The van der Waals surface area contributed by atoms with Crippen LogP contribution in [-0.4, -0.2) is 23.5 Å². The van der Waals surface area contributed by atoms with Gasteiger partial charge in [-0.3, -0.25) is 14.5 Å². The van der Waals surface area contributed by atoms with Crippen LogP contribution in [0.1, 0.15) is 19.8 Å². The van der Waals surface area contributed by atoms with Crippen LogP contribution in [0, 0.1) is 0 Å². The number of esters is 1. The van der Waals surface area contributed by atoms with Gasteiger partial charge in [-0.1, -0.05) is 23.7 Å². The van der Waals surface area contributed by atoms with Crippen LogP contribution in [0.2, 0.25) is 5.02 Å². The van der Waals surface area contributed by atoms with Gasteiger partial charge in [0.05, 0.1) is 0 Å². The van der Waals surface area contributed by atoms with E-state index in [1.54, 1.807) is 24.3 Å². The van der Waals surface area contributed by atoms with Crippen molar-refractivity contribution in [1.29, 1.82) is 0 Å². The second-order valence-electron chi connectivity index (χ2n) is 5.17. The molecule has 0 saturated carbocycles. The normalized spacial score (nSPS) is 14.3. The molecule has 1 saturated heterocycles. The monoisotopic (exact) mass is 335 g/mol. The third kappa shape index (κ3) is 2.90. The summed E-state index contributed by atoms with van der Waals surface area (Å²) < 4.78 is 10.7. The number of ether oxygens (including phenoxy) is 1. The maximum Gasteiger partial charge on any atom is 0.308 e. The van der Waals surface area contributed by atoms with Crippen LogP contribution in [-0.2, 0) is 9.59 Å². The fraction of sp³-hybridized carbons (Fsp3) is 0.250. The number of hydrogen-bond acceptors (Lipinski definition) is 5. The predicted octanol–water partition coefficient (Wildman–Crippen LogP) is 3.36. The van der Waals surface area contributed by atoms with Crippen molar-refractivity contribution in [3.63, 3.8) is 0 Å². The van der Waals surface area contributed by atoms with E-state index >= 15 is 0 Å². The Kier molecular flexibility index (Phi) is 4.00. The number of anilines is 1. The van der Waals surface area contributed by atoms with E-state index in [9.17, 15) is 14.7 Å². The van der Waals surface area contributed by atoms with Gasteiger partial charge < -0.3 is 14.3 Å². The second-order valence-corrected chi connectivity index (χ2v) is 5.60. The van der Waals surface area contributed by atoms with Gasteiger partial charge in [-0.25, -0.2) is 0 Å². The Morgan fingerprint density at radius 3 is 2.83 bits per heavy atom. The standard InChI is InChI=1S/C16H14ClNO5/c1-9(19)22-15-13(21)14(10-4-2-5-11(17)8-10)23-16(15)18-7-3-6-12(18)20/h2,4-5,8,21H,3,6-7H2,1H3. The summed E-state index contributed by atoms with van der Waals surface area (Å²) in [6.45, 7) is 1.65. The van der Waals surface area contributed by atoms with Crippen molar-refractivity contribution >= 4 is 29.4 Å². The van der Waals surface area contributed by atoms with Crippen molar-refractivity contribution in [3.8, 4) is 22.8 Å². The van der Waals surface area contributed by atoms with Crippen molar-refractivity contribution in [2.24, 2.45) is 0 Å². The number of carbonyl (C=O) groups excluding carboxylic acids is 2. The Morgan fingerprint density at radius 1 is 1.43 bits per heavy atom. The molecule has 120 valence electrons. The van der Waals surface area contributed by atoms with Gasteiger partial charge in [-0.2, -0.15) is 0 Å². The molecule has 0 unspecified atom stereocenters. The van der Waals surface area contributed by atoms with Crippen molar-refractivity contribution in [3.05, 3.63) is 29.3 Å². The molecule has 1 aromatic carbocycles. The number of nitrogens with zero attached hydrogens (tertiary/aromatic N) is 1. The van der Waals surface area contributed by atoms with Crippen molar-refractivity contribution in [2.45, 2.75) is 19.8 Å². The van der Waals surface area contributed by atoms with E-state index in [-0.39, 0.29) is 29.1 Å². The molecule has 23 heavy (non-hydrogen) atoms. The summed E-state index contributed by atoms with van der Waals surface area (Å²) in [5.74, 6) is -1.12. The highest BCUT2D eigenvalue weighted by Gasteiger charge is 2.33. The van der Waals surface area contributed by atoms with Gasteiger partial charge in [0.25, 0.3) is 5.88 Å². The lowest BCUT2D eigenvalue weighted by atomic mass is 10.1. The minimum absolute atomic E-state index is 0.0372. The lowest BCUT2D eigenvalue weighted by molar-refractivity contribution is -0.132. The van der Waals surface area contributed by atoms with E-state index in [0.717, 1.165) is 0 Å². The van der Waals surface area contributed by atoms with E-state index in [2.05, 4.69) is 0 Å². The topological polar surface area (TPSA) is 80.0 Å². The zero-order chi connectivity index (χ0) is 16.6. The number of halogens is 1. The summed E-state index contributed by atoms with van der Waals surface area (Å²) in [5, 5.41) is 10.9. The quantitative estimate of drug-likeness (QED) is 0.870. The minimum atomic E-state index is -0.619. The number of amides is 1. The first-order chi connectivity index (χ1) is 11.0. The molecule has 1 N–H and O–H groups in total. The Bertz CT molecular complexity index is 783. The maximum absolute atomic E-state index is 11.9. The molecular formula is C16H14ClNO5. The molecule has 0 atom stereocenters. The number of carbonyl (C=O) groups is 2. The molecule has 1 amide bonds. The van der Waals surface area contributed by atoms with E-state index in [1.165, 1.54) is 11.8 Å². The minimum Gasteiger partial charge on any atom is -0.502 e. The van der Waals surface area contributed by atoms with E-state index < -0.39 is 5.97 Å². The number of benzene rings is 1. The zero-order valence-corrected chi connectivity index (χ0v) is 13.1. The molecule has 0 bridgehead atoms. The molecule has 0 aliphatic carbocycles. The lowest BCUT2D eigenvalue weighted by Crippen LogP contribution is -2.24. The van der Waals surface area contributed by atoms with Crippen LogP contribution in [0.5, 0.6) is 11.5 Å². The lowest BCUT2D eigenvalue weighted by Gasteiger charge is -2.13. The smallest absolute Gasteiger partial charge is 0.308 e. The first-order valence-electron chi connectivity index (χ1n) is 7.08. The van der Waals surface area contributed by atoms with Gasteiger partial charge in [0.2, 0.25) is 17.4 Å². The SMILES string of the molecule is CC(=O)Oc1c(N2CCCC2=O)oc(-c2cccc(Cl)c2)c1O. The molecule has 1 fully saturated rings. The number of furan rings is 1. The summed E-state index contributed by atoms with van der Waals surface area (Å²) in [6, 6.07) is 6.68. The highest BCUT2D eigenvalue weighted by Crippen LogP contribution is 2.48. The molecule has 2 aromatic rings. The largest absolute Gasteiger partial charge is 0.502 e. The fourth-order valence-electron chi connectivity index (χ4n) is 2.50. The van der Waals surface area contributed by atoms with Crippen LogP contribution >= 0.6 is 11.6 Å². The van der Waals surface area contributed by atoms with Gasteiger partial charge in [0, 0.05) is 30.5 Å². The fourth-order valence-corrected chi connectivity index (χ4v) is 2.69. The molecule has 2 heterocycles. The highest BCUT2D eigenvalue weighted by molar-refractivity contribution is 6.30. The number of rotatable bonds is 3. The summed E-state index contributed by atoms with van der Waals surface area (Å²) in [7, 11) is 0. The number of aromatic hydroxyl groups is 1. The molecule has 1 aromatic heterocycles. The second kappa shape index (κ2) is 5.96. The Hall–Kier alpha value is -2.47. The van der Waals surface area contributed by atoms with Crippen molar-refractivity contribution < 1.29 is 23.8 Å². The van der Waals surface area contributed by atoms with Crippen molar-refractivity contribution in [2.75, 3.05) is 11.4 Å². The van der Waals surface area contributed by atoms with Gasteiger partial charge in [-0.15, -0.1) is 0 Å². The zero-order valence-electron chi connectivity index (χ0n) is 12.3. The molecule has 6 nitrogen and oxygen atoms in total. The average molecular weight is 336 g/mol. The molecule has 1 aliphatic heterocycles. The average Bonchev–Trinajstić information content (AvgIpc) is 3.04. The predicted molar refractivity (Wildman–Crippen MR) is 83.7 cm³/mol. The molecule has 1 aliphatic rings. The number of hydrogen-bond donors (Lipinski definition) is 1.